The lowest BCUT2D eigenvalue weighted by atomic mass is 9.66. The topological polar surface area (TPSA) is 68.2 Å². The number of amides is 1. The third-order valence-corrected chi connectivity index (χ3v) is 6.00. The minimum absolute atomic E-state index is 0.0108. The van der Waals surface area contributed by atoms with E-state index in [0.717, 1.165) is 31.2 Å². The molecule has 1 aliphatic heterocycles. The standard InChI is InChI=1S/C20H29NO5/c1-13(22)21-10-9-20(23)8-6-5-7-15(20)18(21)14-11-16(24-2)19(26-4)17(12-14)25-3/h11-12,15,18,23H,5-10H2,1-4H3. The summed E-state index contributed by atoms with van der Waals surface area (Å²) in [6.45, 7) is 2.15. The van der Waals surface area contributed by atoms with Crippen molar-refractivity contribution in [3.8, 4) is 17.2 Å². The van der Waals surface area contributed by atoms with Crippen LogP contribution in [-0.4, -0.2) is 49.4 Å². The van der Waals surface area contributed by atoms with Gasteiger partial charge >= 0.3 is 0 Å². The van der Waals surface area contributed by atoms with Crippen molar-refractivity contribution in [1.82, 2.24) is 4.90 Å². The van der Waals surface area contributed by atoms with Gasteiger partial charge in [0.05, 0.1) is 33.0 Å². The molecule has 3 atom stereocenters. The zero-order valence-electron chi connectivity index (χ0n) is 16.1. The van der Waals surface area contributed by atoms with E-state index >= 15 is 0 Å². The third-order valence-electron chi connectivity index (χ3n) is 6.00. The fourth-order valence-electron chi connectivity index (χ4n) is 4.72. The fraction of sp³-hybridized carbons (Fsp3) is 0.650. The monoisotopic (exact) mass is 363 g/mol. The first-order chi connectivity index (χ1) is 12.4. The molecule has 0 spiro atoms. The Morgan fingerprint density at radius 1 is 1.12 bits per heavy atom. The summed E-state index contributed by atoms with van der Waals surface area (Å²) in [5, 5.41) is 11.3. The molecule has 6 heteroatoms. The largest absolute Gasteiger partial charge is 0.493 e. The summed E-state index contributed by atoms with van der Waals surface area (Å²) < 4.78 is 16.4. The second kappa shape index (κ2) is 7.35. The Morgan fingerprint density at radius 3 is 2.31 bits per heavy atom. The molecule has 1 aliphatic carbocycles. The minimum atomic E-state index is -0.713. The number of rotatable bonds is 4. The van der Waals surface area contributed by atoms with Crippen LogP contribution in [0, 0.1) is 5.92 Å². The maximum Gasteiger partial charge on any atom is 0.219 e. The van der Waals surface area contributed by atoms with E-state index in [1.54, 1.807) is 28.3 Å². The van der Waals surface area contributed by atoms with Crippen molar-refractivity contribution in [2.24, 2.45) is 5.92 Å². The number of hydrogen-bond donors (Lipinski definition) is 1. The number of methoxy groups -OCH3 is 3. The molecule has 6 nitrogen and oxygen atoms in total. The van der Waals surface area contributed by atoms with Crippen LogP contribution < -0.4 is 14.2 Å². The summed E-state index contributed by atoms with van der Waals surface area (Å²) in [6, 6.07) is 3.62. The average molecular weight is 363 g/mol. The lowest BCUT2D eigenvalue weighted by molar-refractivity contribution is -0.153. The van der Waals surface area contributed by atoms with Gasteiger partial charge in [0.2, 0.25) is 11.7 Å². The van der Waals surface area contributed by atoms with Gasteiger partial charge < -0.3 is 24.2 Å². The normalized spacial score (nSPS) is 28.3. The fourth-order valence-corrected chi connectivity index (χ4v) is 4.72. The molecular weight excluding hydrogens is 334 g/mol. The zero-order valence-corrected chi connectivity index (χ0v) is 16.1. The zero-order chi connectivity index (χ0) is 18.9. The highest BCUT2D eigenvalue weighted by atomic mass is 16.5. The van der Waals surface area contributed by atoms with Gasteiger partial charge in [-0.25, -0.2) is 0 Å². The van der Waals surface area contributed by atoms with Crippen LogP contribution in [-0.2, 0) is 4.79 Å². The number of carbonyl (C=O) groups excluding carboxylic acids is 1. The SMILES string of the molecule is COc1cc(C2C3CCCCC3(O)CCN2C(C)=O)cc(OC)c1OC. The van der Waals surface area contributed by atoms with Crippen LogP contribution in [0.3, 0.4) is 0 Å². The summed E-state index contributed by atoms with van der Waals surface area (Å²) in [4.78, 5) is 14.2. The van der Waals surface area contributed by atoms with Crippen LogP contribution >= 0.6 is 0 Å². The molecule has 3 unspecified atom stereocenters. The third kappa shape index (κ3) is 3.11. The first kappa shape index (κ1) is 18.8. The van der Waals surface area contributed by atoms with Crippen LogP contribution in [0.2, 0.25) is 0 Å². The van der Waals surface area contributed by atoms with Crippen molar-refractivity contribution in [2.45, 2.75) is 50.7 Å². The van der Waals surface area contributed by atoms with E-state index in [9.17, 15) is 9.90 Å². The molecule has 2 aliphatic rings. The van der Waals surface area contributed by atoms with Gasteiger partial charge in [0.25, 0.3) is 0 Å². The molecule has 0 bridgehead atoms. The number of hydrogen-bond acceptors (Lipinski definition) is 5. The molecule has 2 fully saturated rings. The van der Waals surface area contributed by atoms with Gasteiger partial charge in [-0.1, -0.05) is 12.8 Å². The second-order valence-electron chi connectivity index (χ2n) is 7.32. The van der Waals surface area contributed by atoms with Crippen LogP contribution in [0.15, 0.2) is 12.1 Å². The van der Waals surface area contributed by atoms with Gasteiger partial charge in [-0.2, -0.15) is 0 Å². The van der Waals surface area contributed by atoms with Gasteiger partial charge in [-0.05, 0) is 37.0 Å². The summed E-state index contributed by atoms with van der Waals surface area (Å²) in [7, 11) is 4.74. The van der Waals surface area contributed by atoms with E-state index in [1.807, 2.05) is 17.0 Å². The smallest absolute Gasteiger partial charge is 0.219 e. The van der Waals surface area contributed by atoms with Crippen molar-refractivity contribution >= 4 is 5.91 Å². The Labute approximate surface area is 155 Å². The number of fused-ring (bicyclic) bond motifs is 1. The molecule has 1 saturated heterocycles. The highest BCUT2D eigenvalue weighted by molar-refractivity contribution is 5.74. The van der Waals surface area contributed by atoms with Gasteiger partial charge in [-0.15, -0.1) is 0 Å². The Balaban J connectivity index is 2.11. The first-order valence-corrected chi connectivity index (χ1v) is 9.24. The molecule has 0 aromatic heterocycles. The Morgan fingerprint density at radius 2 is 1.77 bits per heavy atom. The quantitative estimate of drug-likeness (QED) is 0.891. The highest BCUT2D eigenvalue weighted by Crippen LogP contribution is 2.51. The molecule has 0 radical (unpaired) electrons. The Hall–Kier alpha value is -1.95. The van der Waals surface area contributed by atoms with Crippen molar-refractivity contribution in [2.75, 3.05) is 27.9 Å². The molecule has 1 saturated carbocycles. The number of likely N-dealkylation sites (tertiary alicyclic amines) is 1. The summed E-state index contributed by atoms with van der Waals surface area (Å²) in [6.07, 6.45) is 4.44. The highest BCUT2D eigenvalue weighted by Gasteiger charge is 2.49. The maximum atomic E-state index is 12.4. The van der Waals surface area contributed by atoms with Crippen LogP contribution in [0.5, 0.6) is 17.2 Å². The molecule has 1 heterocycles. The number of nitrogens with zero attached hydrogens (tertiary/aromatic N) is 1. The molecule has 1 aromatic carbocycles. The summed E-state index contributed by atoms with van der Waals surface area (Å²) >= 11 is 0. The minimum Gasteiger partial charge on any atom is -0.493 e. The van der Waals surface area contributed by atoms with Crippen molar-refractivity contribution in [1.29, 1.82) is 0 Å². The van der Waals surface area contributed by atoms with E-state index in [-0.39, 0.29) is 17.9 Å². The number of aliphatic hydroxyl groups is 1. The summed E-state index contributed by atoms with van der Waals surface area (Å²) in [5.74, 6) is 1.70. The van der Waals surface area contributed by atoms with Crippen molar-refractivity contribution in [3.05, 3.63) is 17.7 Å². The lowest BCUT2D eigenvalue weighted by Crippen LogP contribution is -2.55. The van der Waals surface area contributed by atoms with E-state index in [4.69, 9.17) is 14.2 Å². The number of carbonyl (C=O) groups is 1. The van der Waals surface area contributed by atoms with Crippen LogP contribution in [0.4, 0.5) is 0 Å². The van der Waals surface area contributed by atoms with E-state index in [1.165, 1.54) is 0 Å². The number of piperidine rings is 1. The van der Waals surface area contributed by atoms with E-state index in [0.29, 0.717) is 30.2 Å². The van der Waals surface area contributed by atoms with Gasteiger partial charge in [-0.3, -0.25) is 4.79 Å². The Bertz CT molecular complexity index is 651. The van der Waals surface area contributed by atoms with Gasteiger partial charge in [0.1, 0.15) is 0 Å². The molecule has 1 amide bonds. The Kier molecular flexibility index (Phi) is 5.32. The molecule has 26 heavy (non-hydrogen) atoms. The van der Waals surface area contributed by atoms with Crippen molar-refractivity contribution in [3.63, 3.8) is 0 Å². The predicted molar refractivity (Wildman–Crippen MR) is 97.8 cm³/mol. The maximum absolute atomic E-state index is 12.4. The average Bonchev–Trinajstić information content (AvgIpc) is 2.65. The van der Waals surface area contributed by atoms with Crippen molar-refractivity contribution < 1.29 is 24.1 Å². The molecule has 3 rings (SSSR count). The van der Waals surface area contributed by atoms with E-state index < -0.39 is 5.60 Å². The predicted octanol–water partition coefficient (Wildman–Crippen LogP) is 2.93. The van der Waals surface area contributed by atoms with E-state index in [2.05, 4.69) is 0 Å². The van der Waals surface area contributed by atoms with Gasteiger partial charge in [0.15, 0.2) is 11.5 Å². The van der Waals surface area contributed by atoms with Crippen LogP contribution in [0.25, 0.3) is 0 Å². The lowest BCUT2D eigenvalue weighted by Gasteiger charge is -2.52. The molecular formula is C20H29NO5. The number of ether oxygens (including phenoxy) is 3. The second-order valence-corrected chi connectivity index (χ2v) is 7.32. The summed E-state index contributed by atoms with van der Waals surface area (Å²) in [5.41, 5.74) is 0.203. The molecule has 1 N–H and O–H groups in total. The molecule has 144 valence electrons. The first-order valence-electron chi connectivity index (χ1n) is 9.24. The van der Waals surface area contributed by atoms with Crippen LogP contribution in [0.1, 0.15) is 50.6 Å². The molecule has 1 aromatic rings. The van der Waals surface area contributed by atoms with Gasteiger partial charge in [0, 0.05) is 19.4 Å². The number of benzene rings is 1.